The smallest absolute Gasteiger partial charge is 0.211 e. The fourth-order valence-electron chi connectivity index (χ4n) is 7.87. The number of aryl methyl sites for hydroxylation is 2. The lowest BCUT2D eigenvalue weighted by Crippen LogP contribution is -2.05. The number of nitrogens with zero attached hydrogens (tertiary/aromatic N) is 2. The molecule has 0 bridgehead atoms. The van der Waals surface area contributed by atoms with Crippen molar-refractivity contribution in [3.05, 3.63) is 86.5 Å². The van der Waals surface area contributed by atoms with Gasteiger partial charge in [0.25, 0.3) is 0 Å². The van der Waals surface area contributed by atoms with Crippen LogP contribution in [0.25, 0.3) is 16.9 Å². The van der Waals surface area contributed by atoms with Gasteiger partial charge in [-0.2, -0.15) is 0 Å². The lowest BCUT2D eigenvalue weighted by Gasteiger charge is -2.13. The van der Waals surface area contributed by atoms with Crippen LogP contribution in [-0.2, 0) is 12.8 Å². The SMILES string of the molecule is CCCCCCCCC#Cc1cc(C#CCCCCCCCC)cc(C2=C(CCCCC)C(CCCC)=C(c3cc(CCCC)cc(CCCC)c3)[N+]2=[N-])c1. The fraction of sp³-hybridized carbons (Fsp3) is 0.623. The topological polar surface area (TPSA) is 25.3 Å². The molecule has 0 amide bonds. The summed E-state index contributed by atoms with van der Waals surface area (Å²) >= 11 is 0. The van der Waals surface area contributed by atoms with Crippen LogP contribution < -0.4 is 0 Å². The van der Waals surface area contributed by atoms with Crippen LogP contribution in [0.3, 0.4) is 0 Å². The molecular weight excluding hydrogens is 665 g/mol. The summed E-state index contributed by atoms with van der Waals surface area (Å²) in [6.45, 7) is 13.7. The van der Waals surface area contributed by atoms with Gasteiger partial charge in [-0.25, -0.2) is 4.70 Å². The first-order valence-corrected chi connectivity index (χ1v) is 23.2. The molecule has 3 rings (SSSR count). The molecular formula is C53H78N2. The van der Waals surface area contributed by atoms with Gasteiger partial charge in [-0.3, -0.25) is 0 Å². The summed E-state index contributed by atoms with van der Waals surface area (Å²) in [5, 5.41) is 0. The second-order valence-corrected chi connectivity index (χ2v) is 16.2. The maximum absolute atomic E-state index is 12.6. The van der Waals surface area contributed by atoms with Gasteiger partial charge >= 0.3 is 0 Å². The fourth-order valence-corrected chi connectivity index (χ4v) is 7.87. The number of hydrogen-bond donors (Lipinski definition) is 0. The first-order valence-electron chi connectivity index (χ1n) is 23.2. The van der Waals surface area contributed by atoms with Crippen molar-refractivity contribution in [3.63, 3.8) is 0 Å². The predicted molar refractivity (Wildman–Crippen MR) is 241 cm³/mol. The van der Waals surface area contributed by atoms with Crippen molar-refractivity contribution < 1.29 is 4.70 Å². The van der Waals surface area contributed by atoms with E-state index in [1.807, 2.05) is 0 Å². The van der Waals surface area contributed by atoms with Gasteiger partial charge in [-0.15, -0.1) is 0 Å². The van der Waals surface area contributed by atoms with Crippen LogP contribution in [0.1, 0.15) is 235 Å². The van der Waals surface area contributed by atoms with Gasteiger partial charge in [-0.05, 0) is 106 Å². The van der Waals surface area contributed by atoms with Crippen LogP contribution in [0.2, 0.25) is 0 Å². The number of benzene rings is 2. The standard InChI is InChI=1S/C53H78N2/c1-7-13-19-21-23-25-27-30-34-46-39-47(35-31-28-26-24-22-20-14-8-2)43-49(42-46)53-51(37-29-15-9-3)50(36-18-12-6)52(55(53)54)48-40-44(32-16-10-4)38-45(41-48)33-17-11-5/h38-43H,7-29,32-33,36-37H2,1-6H3. The van der Waals surface area contributed by atoms with Crippen molar-refractivity contribution in [2.24, 2.45) is 0 Å². The highest BCUT2D eigenvalue weighted by Gasteiger charge is 2.35. The van der Waals surface area contributed by atoms with Crippen LogP contribution in [0.15, 0.2) is 47.5 Å². The number of rotatable bonds is 27. The summed E-state index contributed by atoms with van der Waals surface area (Å²) in [6.07, 6.45) is 31.7. The maximum Gasteiger partial charge on any atom is 0.211 e. The molecule has 2 nitrogen and oxygen atoms in total. The van der Waals surface area contributed by atoms with Gasteiger partial charge in [0.05, 0.1) is 0 Å². The minimum absolute atomic E-state index is 0.925. The third-order valence-corrected chi connectivity index (χ3v) is 11.1. The normalized spacial score (nSPS) is 12.7. The molecule has 2 aromatic carbocycles. The minimum Gasteiger partial charge on any atom is -0.493 e. The van der Waals surface area contributed by atoms with E-state index in [-0.39, 0.29) is 0 Å². The molecule has 1 aliphatic heterocycles. The van der Waals surface area contributed by atoms with E-state index in [0.717, 1.165) is 98.7 Å². The lowest BCUT2D eigenvalue weighted by molar-refractivity contribution is -0.345. The van der Waals surface area contributed by atoms with E-state index in [4.69, 9.17) is 0 Å². The molecule has 0 radical (unpaired) electrons. The van der Waals surface area contributed by atoms with Crippen molar-refractivity contribution in [1.82, 2.24) is 0 Å². The second-order valence-electron chi connectivity index (χ2n) is 16.2. The quantitative estimate of drug-likeness (QED) is 0.0495. The molecule has 55 heavy (non-hydrogen) atoms. The predicted octanol–water partition coefficient (Wildman–Crippen LogP) is 16.5. The summed E-state index contributed by atoms with van der Waals surface area (Å²) in [4.78, 5) is 0. The Balaban J connectivity index is 2.12. The van der Waals surface area contributed by atoms with Crippen LogP contribution in [0.5, 0.6) is 0 Å². The van der Waals surface area contributed by atoms with Crippen molar-refractivity contribution in [2.75, 3.05) is 0 Å². The molecule has 0 fully saturated rings. The summed E-state index contributed by atoms with van der Waals surface area (Å²) in [5.41, 5.74) is 24.2. The minimum atomic E-state index is 0.925. The molecule has 0 unspecified atom stereocenters. The molecule has 0 aliphatic carbocycles. The summed E-state index contributed by atoms with van der Waals surface area (Å²) in [6, 6.07) is 13.8. The van der Waals surface area contributed by atoms with E-state index in [1.54, 1.807) is 4.70 Å². The Morgan fingerprint density at radius 1 is 0.400 bits per heavy atom. The molecule has 0 aromatic heterocycles. The lowest BCUT2D eigenvalue weighted by atomic mass is 9.90. The highest BCUT2D eigenvalue weighted by Crippen LogP contribution is 2.45. The highest BCUT2D eigenvalue weighted by molar-refractivity contribution is 5.83. The molecule has 0 atom stereocenters. The molecule has 0 saturated carbocycles. The van der Waals surface area contributed by atoms with Crippen LogP contribution >= 0.6 is 0 Å². The average Bonchev–Trinajstić information content (AvgIpc) is 3.47. The number of unbranched alkanes of at least 4 members (excludes halogenated alkanes) is 17. The Bertz CT molecular complexity index is 1550. The Hall–Kier alpha value is -3.36. The molecule has 2 aromatic rings. The Labute approximate surface area is 340 Å². The van der Waals surface area contributed by atoms with E-state index in [2.05, 4.69) is 102 Å². The highest BCUT2D eigenvalue weighted by atomic mass is 15.2. The monoisotopic (exact) mass is 743 g/mol. The first-order chi connectivity index (χ1) is 27.0. The van der Waals surface area contributed by atoms with Gasteiger partial charge in [-0.1, -0.05) is 168 Å². The first kappa shape index (κ1) is 46.0. The zero-order chi connectivity index (χ0) is 39.5. The van der Waals surface area contributed by atoms with Crippen molar-refractivity contribution in [1.29, 1.82) is 0 Å². The average molecular weight is 743 g/mol. The number of allylic oxidation sites excluding steroid dienone is 2. The van der Waals surface area contributed by atoms with E-state index in [0.29, 0.717) is 0 Å². The van der Waals surface area contributed by atoms with E-state index >= 15 is 0 Å². The Morgan fingerprint density at radius 2 is 0.782 bits per heavy atom. The van der Waals surface area contributed by atoms with Crippen LogP contribution in [0.4, 0.5) is 0 Å². The molecule has 2 heteroatoms. The molecule has 0 N–H and O–H groups in total. The summed E-state index contributed by atoms with van der Waals surface area (Å²) in [7, 11) is 0. The maximum atomic E-state index is 12.6. The summed E-state index contributed by atoms with van der Waals surface area (Å²) < 4.78 is 1.59. The third-order valence-electron chi connectivity index (χ3n) is 11.1. The van der Waals surface area contributed by atoms with Gasteiger partial charge in [0.1, 0.15) is 0 Å². The van der Waals surface area contributed by atoms with Crippen molar-refractivity contribution in [3.8, 4) is 23.7 Å². The Morgan fingerprint density at radius 3 is 1.25 bits per heavy atom. The largest absolute Gasteiger partial charge is 0.493 e. The van der Waals surface area contributed by atoms with Gasteiger partial charge in [0, 0.05) is 46.2 Å². The van der Waals surface area contributed by atoms with E-state index < -0.39 is 0 Å². The summed E-state index contributed by atoms with van der Waals surface area (Å²) in [5.74, 6) is 14.1. The zero-order valence-electron chi connectivity index (χ0n) is 36.5. The molecule has 0 saturated heterocycles. The molecule has 300 valence electrons. The van der Waals surface area contributed by atoms with E-state index in [1.165, 1.54) is 131 Å². The third kappa shape index (κ3) is 16.3. The van der Waals surface area contributed by atoms with Gasteiger partial charge < -0.3 is 5.53 Å². The molecule has 1 heterocycles. The van der Waals surface area contributed by atoms with E-state index in [9.17, 15) is 5.53 Å². The Kier molecular flexibility index (Phi) is 23.5. The van der Waals surface area contributed by atoms with Crippen molar-refractivity contribution in [2.45, 2.75) is 215 Å². The number of hydrogen-bond acceptors (Lipinski definition) is 0. The van der Waals surface area contributed by atoms with Crippen LogP contribution in [-0.4, -0.2) is 4.70 Å². The second kappa shape index (κ2) is 28.1. The molecule has 1 aliphatic rings. The zero-order valence-corrected chi connectivity index (χ0v) is 36.5. The molecule has 0 spiro atoms. The van der Waals surface area contributed by atoms with Gasteiger partial charge in [0.15, 0.2) is 0 Å². The van der Waals surface area contributed by atoms with Crippen molar-refractivity contribution >= 4 is 11.4 Å². The van der Waals surface area contributed by atoms with Gasteiger partial charge in [0.2, 0.25) is 11.4 Å². The van der Waals surface area contributed by atoms with Crippen LogP contribution in [0, 0.1) is 23.7 Å².